The Kier molecular flexibility index (Phi) is 4.23. The van der Waals surface area contributed by atoms with E-state index in [1.807, 2.05) is 24.3 Å². The zero-order chi connectivity index (χ0) is 14.9. The van der Waals surface area contributed by atoms with Crippen LogP contribution in [0.3, 0.4) is 0 Å². The third-order valence-electron chi connectivity index (χ3n) is 4.98. The van der Waals surface area contributed by atoms with Gasteiger partial charge in [0, 0.05) is 10.9 Å². The molecule has 0 unspecified atom stereocenters. The van der Waals surface area contributed by atoms with Gasteiger partial charge in [0.15, 0.2) is 0 Å². The molecule has 1 aromatic carbocycles. The molecule has 21 heavy (non-hydrogen) atoms. The van der Waals surface area contributed by atoms with Crippen molar-refractivity contribution in [2.45, 2.75) is 56.6 Å². The number of amides is 1. The number of carbonyl (C=O) groups is 1. The summed E-state index contributed by atoms with van der Waals surface area (Å²) in [4.78, 5) is 12.5. The van der Waals surface area contributed by atoms with Crippen LogP contribution in [0.4, 0.5) is 0 Å². The third-order valence-corrected chi connectivity index (χ3v) is 5.24. The predicted molar refractivity (Wildman–Crippen MR) is 83.1 cm³/mol. The number of carbonyl (C=O) groups excluding carboxylic acids is 1. The number of hydrogen-bond acceptors (Lipinski definition) is 2. The predicted octanol–water partition coefficient (Wildman–Crippen LogP) is 3.39. The number of aliphatic hydroxyl groups is 1. The number of nitrogens with one attached hydrogen (secondary N) is 1. The number of halogens is 1. The van der Waals surface area contributed by atoms with Gasteiger partial charge >= 0.3 is 0 Å². The van der Waals surface area contributed by atoms with Crippen molar-refractivity contribution in [1.82, 2.24) is 5.32 Å². The average Bonchev–Trinajstić information content (AvgIpc) is 2.44. The van der Waals surface area contributed by atoms with Crippen molar-refractivity contribution in [3.05, 3.63) is 34.9 Å². The van der Waals surface area contributed by atoms with E-state index in [9.17, 15) is 9.90 Å². The van der Waals surface area contributed by atoms with Gasteiger partial charge in [-0.3, -0.25) is 4.79 Å². The summed E-state index contributed by atoms with van der Waals surface area (Å²) < 4.78 is 0. The van der Waals surface area contributed by atoms with Gasteiger partial charge in [-0.05, 0) is 56.2 Å². The summed E-state index contributed by atoms with van der Waals surface area (Å²) in [7, 11) is 0. The first-order chi connectivity index (χ1) is 10.1. The van der Waals surface area contributed by atoms with Gasteiger partial charge in [0.2, 0.25) is 5.91 Å². The molecule has 0 heterocycles. The number of hydrogen-bond donors (Lipinski definition) is 2. The molecule has 0 saturated heterocycles. The van der Waals surface area contributed by atoms with Crippen LogP contribution < -0.4 is 5.32 Å². The minimum Gasteiger partial charge on any atom is -0.393 e. The Morgan fingerprint density at radius 1 is 1.19 bits per heavy atom. The molecule has 2 saturated carbocycles. The van der Waals surface area contributed by atoms with Gasteiger partial charge in [-0.1, -0.05) is 30.2 Å². The standard InChI is InChI=1S/C17H22ClNO2/c18-14-7-5-13(6-8-14)17(9-2-10-17)19-16(21)12-3-1-4-15(20)11-12/h5-8,12,15,20H,1-4,9-11H2,(H,19,21)/t12-,15+/m0/s1. The molecule has 1 aromatic rings. The quantitative estimate of drug-likeness (QED) is 0.899. The summed E-state index contributed by atoms with van der Waals surface area (Å²) in [5, 5.41) is 13.7. The molecule has 2 N–H and O–H groups in total. The maximum Gasteiger partial charge on any atom is 0.223 e. The zero-order valence-electron chi connectivity index (χ0n) is 12.1. The van der Waals surface area contributed by atoms with Crippen molar-refractivity contribution in [2.24, 2.45) is 5.92 Å². The van der Waals surface area contributed by atoms with Crippen molar-refractivity contribution in [2.75, 3.05) is 0 Å². The van der Waals surface area contributed by atoms with Crippen molar-refractivity contribution >= 4 is 17.5 Å². The van der Waals surface area contributed by atoms with Crippen molar-refractivity contribution in [3.8, 4) is 0 Å². The molecule has 4 heteroatoms. The van der Waals surface area contributed by atoms with E-state index in [2.05, 4.69) is 5.32 Å². The van der Waals surface area contributed by atoms with Gasteiger partial charge in [0.05, 0.1) is 11.6 Å². The van der Waals surface area contributed by atoms with E-state index in [1.165, 1.54) is 0 Å². The molecule has 1 amide bonds. The molecule has 0 aromatic heterocycles. The SMILES string of the molecule is O=C(NC1(c2ccc(Cl)cc2)CCC1)[C@H]1CCC[C@@H](O)C1. The normalized spacial score (nSPS) is 27.7. The van der Waals surface area contributed by atoms with Crippen LogP contribution in [0.1, 0.15) is 50.5 Å². The Morgan fingerprint density at radius 2 is 1.90 bits per heavy atom. The highest BCUT2D eigenvalue weighted by molar-refractivity contribution is 6.30. The summed E-state index contributed by atoms with van der Waals surface area (Å²) in [5.74, 6) is 0.0573. The number of rotatable bonds is 3. The Balaban J connectivity index is 1.71. The fourth-order valence-corrected chi connectivity index (χ4v) is 3.65. The molecule has 0 aliphatic heterocycles. The smallest absolute Gasteiger partial charge is 0.223 e. The van der Waals surface area contributed by atoms with Crippen LogP contribution in [-0.4, -0.2) is 17.1 Å². The molecular weight excluding hydrogens is 286 g/mol. The minimum atomic E-state index is -0.317. The van der Waals surface area contributed by atoms with Crippen LogP contribution >= 0.6 is 11.6 Å². The van der Waals surface area contributed by atoms with Gasteiger partial charge in [0.25, 0.3) is 0 Å². The lowest BCUT2D eigenvalue weighted by molar-refractivity contribution is -0.130. The Bertz CT molecular complexity index is 510. The summed E-state index contributed by atoms with van der Waals surface area (Å²) in [6.07, 6.45) is 6.03. The Hall–Kier alpha value is -1.06. The highest BCUT2D eigenvalue weighted by atomic mass is 35.5. The lowest BCUT2D eigenvalue weighted by atomic mass is 9.71. The van der Waals surface area contributed by atoms with Gasteiger partial charge in [0.1, 0.15) is 0 Å². The topological polar surface area (TPSA) is 49.3 Å². The molecule has 3 rings (SSSR count). The average molecular weight is 308 g/mol. The Labute approximate surface area is 130 Å². The molecule has 2 aliphatic rings. The fraction of sp³-hybridized carbons (Fsp3) is 0.588. The Morgan fingerprint density at radius 3 is 2.48 bits per heavy atom. The van der Waals surface area contributed by atoms with E-state index in [-0.39, 0.29) is 23.5 Å². The first kappa shape index (κ1) is 14.9. The molecule has 3 nitrogen and oxygen atoms in total. The van der Waals surface area contributed by atoms with E-state index in [0.717, 1.165) is 49.1 Å². The van der Waals surface area contributed by atoms with Gasteiger partial charge in [-0.2, -0.15) is 0 Å². The second kappa shape index (κ2) is 5.98. The van der Waals surface area contributed by atoms with Crippen LogP contribution in [0.25, 0.3) is 0 Å². The molecule has 0 bridgehead atoms. The van der Waals surface area contributed by atoms with Crippen LogP contribution in [-0.2, 0) is 10.3 Å². The summed E-state index contributed by atoms with van der Waals surface area (Å²) in [6, 6.07) is 7.79. The molecular formula is C17H22ClNO2. The summed E-state index contributed by atoms with van der Waals surface area (Å²) >= 11 is 5.95. The van der Waals surface area contributed by atoms with Crippen LogP contribution in [0.5, 0.6) is 0 Å². The van der Waals surface area contributed by atoms with Gasteiger partial charge in [-0.25, -0.2) is 0 Å². The van der Waals surface area contributed by atoms with Crippen LogP contribution in [0.2, 0.25) is 5.02 Å². The fourth-order valence-electron chi connectivity index (χ4n) is 3.53. The molecule has 2 fully saturated rings. The van der Waals surface area contributed by atoms with E-state index in [0.29, 0.717) is 6.42 Å². The van der Waals surface area contributed by atoms with Gasteiger partial charge < -0.3 is 10.4 Å². The highest BCUT2D eigenvalue weighted by Gasteiger charge is 2.41. The number of benzene rings is 1. The van der Waals surface area contributed by atoms with E-state index in [1.54, 1.807) is 0 Å². The molecule has 0 radical (unpaired) electrons. The molecule has 2 aliphatic carbocycles. The maximum absolute atomic E-state index is 12.5. The largest absolute Gasteiger partial charge is 0.393 e. The van der Waals surface area contributed by atoms with Gasteiger partial charge in [-0.15, -0.1) is 0 Å². The van der Waals surface area contributed by atoms with Crippen LogP contribution in [0.15, 0.2) is 24.3 Å². The third kappa shape index (κ3) is 3.09. The van der Waals surface area contributed by atoms with Crippen LogP contribution in [0, 0.1) is 5.92 Å². The number of aliphatic hydroxyl groups excluding tert-OH is 1. The summed E-state index contributed by atoms with van der Waals surface area (Å²) in [6.45, 7) is 0. The van der Waals surface area contributed by atoms with E-state index >= 15 is 0 Å². The van der Waals surface area contributed by atoms with Crippen molar-refractivity contribution in [1.29, 1.82) is 0 Å². The zero-order valence-corrected chi connectivity index (χ0v) is 12.9. The maximum atomic E-state index is 12.5. The lowest BCUT2D eigenvalue weighted by Crippen LogP contribution is -2.53. The molecule has 2 atom stereocenters. The second-order valence-corrected chi connectivity index (χ2v) is 6.89. The second-order valence-electron chi connectivity index (χ2n) is 6.45. The monoisotopic (exact) mass is 307 g/mol. The minimum absolute atomic E-state index is 0.0430. The first-order valence-corrected chi connectivity index (χ1v) is 8.23. The highest BCUT2D eigenvalue weighted by Crippen LogP contribution is 2.42. The first-order valence-electron chi connectivity index (χ1n) is 7.85. The molecule has 0 spiro atoms. The van der Waals surface area contributed by atoms with Crippen molar-refractivity contribution in [3.63, 3.8) is 0 Å². The van der Waals surface area contributed by atoms with E-state index < -0.39 is 0 Å². The van der Waals surface area contributed by atoms with E-state index in [4.69, 9.17) is 11.6 Å². The molecule has 114 valence electrons. The summed E-state index contributed by atoms with van der Waals surface area (Å²) in [5.41, 5.74) is 0.923. The van der Waals surface area contributed by atoms with Crippen molar-refractivity contribution < 1.29 is 9.90 Å². The lowest BCUT2D eigenvalue weighted by Gasteiger charge is -2.44.